The van der Waals surface area contributed by atoms with Crippen molar-refractivity contribution in [3.8, 4) is 0 Å². The second-order valence-corrected chi connectivity index (χ2v) is 5.55. The van der Waals surface area contributed by atoms with E-state index in [0.717, 1.165) is 37.2 Å². The molecule has 0 bridgehead atoms. The molecular weight excluding hydrogens is 267 g/mol. The average molecular weight is 287 g/mol. The zero-order chi connectivity index (χ0) is 14.9. The van der Waals surface area contributed by atoms with Gasteiger partial charge in [0.15, 0.2) is 0 Å². The van der Waals surface area contributed by atoms with E-state index in [-0.39, 0.29) is 5.69 Å². The third-order valence-electron chi connectivity index (χ3n) is 3.84. The Kier molecular flexibility index (Phi) is 4.25. The maximum atomic E-state index is 12.6. The predicted octanol–water partition coefficient (Wildman–Crippen LogP) is 2.42. The van der Waals surface area contributed by atoms with E-state index in [0.29, 0.717) is 12.6 Å². The molecule has 20 heavy (non-hydrogen) atoms. The van der Waals surface area contributed by atoms with E-state index >= 15 is 0 Å². The van der Waals surface area contributed by atoms with Crippen LogP contribution >= 0.6 is 0 Å². The second-order valence-electron chi connectivity index (χ2n) is 5.55. The number of anilines is 1. The van der Waals surface area contributed by atoms with Crippen LogP contribution in [0.1, 0.15) is 17.5 Å². The van der Waals surface area contributed by atoms with Gasteiger partial charge in [-0.1, -0.05) is 6.07 Å². The highest BCUT2D eigenvalue weighted by Crippen LogP contribution is 2.31. The highest BCUT2D eigenvalue weighted by atomic mass is 19.4. The van der Waals surface area contributed by atoms with E-state index in [4.69, 9.17) is 5.73 Å². The Labute approximate surface area is 117 Å². The normalized spacial score (nSPS) is 20.8. The summed E-state index contributed by atoms with van der Waals surface area (Å²) < 4.78 is 37.7. The third-order valence-corrected chi connectivity index (χ3v) is 3.84. The molecule has 1 atom stereocenters. The van der Waals surface area contributed by atoms with E-state index in [1.807, 2.05) is 14.1 Å². The number of hydrogen-bond donors (Lipinski definition) is 1. The minimum atomic E-state index is -4.34. The van der Waals surface area contributed by atoms with Crippen LogP contribution in [0.25, 0.3) is 0 Å². The zero-order valence-electron chi connectivity index (χ0n) is 11.7. The van der Waals surface area contributed by atoms with Gasteiger partial charge in [0.1, 0.15) is 0 Å². The van der Waals surface area contributed by atoms with Crippen molar-refractivity contribution in [3.05, 3.63) is 29.3 Å². The Morgan fingerprint density at radius 1 is 1.35 bits per heavy atom. The van der Waals surface area contributed by atoms with Gasteiger partial charge in [-0.2, -0.15) is 13.2 Å². The van der Waals surface area contributed by atoms with E-state index in [1.165, 1.54) is 6.07 Å². The molecule has 1 aliphatic rings. The topological polar surface area (TPSA) is 32.5 Å². The summed E-state index contributed by atoms with van der Waals surface area (Å²) in [5.41, 5.74) is 6.04. The molecule has 1 aromatic carbocycles. The fraction of sp³-hybridized carbons (Fsp3) is 0.571. The first-order valence-electron chi connectivity index (χ1n) is 6.62. The van der Waals surface area contributed by atoms with Gasteiger partial charge in [-0.15, -0.1) is 0 Å². The fourth-order valence-electron chi connectivity index (χ4n) is 2.53. The average Bonchev–Trinajstić information content (AvgIpc) is 2.79. The number of benzene rings is 1. The lowest BCUT2D eigenvalue weighted by Gasteiger charge is -2.21. The van der Waals surface area contributed by atoms with Gasteiger partial charge in [0.2, 0.25) is 0 Å². The van der Waals surface area contributed by atoms with Gasteiger partial charge in [-0.3, -0.25) is 4.90 Å². The van der Waals surface area contributed by atoms with Gasteiger partial charge in [-0.25, -0.2) is 0 Å². The number of rotatable bonds is 3. The molecule has 1 heterocycles. The first-order chi connectivity index (χ1) is 9.27. The molecule has 0 aromatic heterocycles. The summed E-state index contributed by atoms with van der Waals surface area (Å²) in [5.74, 6) is 0. The van der Waals surface area contributed by atoms with Crippen LogP contribution in [-0.2, 0) is 12.7 Å². The molecule has 1 aromatic rings. The third kappa shape index (κ3) is 3.43. The minimum absolute atomic E-state index is 0.216. The molecule has 0 radical (unpaired) electrons. The second kappa shape index (κ2) is 5.61. The summed E-state index contributed by atoms with van der Waals surface area (Å²) >= 11 is 0. The lowest BCUT2D eigenvalue weighted by atomic mass is 10.1. The summed E-state index contributed by atoms with van der Waals surface area (Å²) in [7, 11) is 4.08. The molecule has 2 N–H and O–H groups in total. The Balaban J connectivity index is 2.04. The molecule has 3 nitrogen and oxygen atoms in total. The predicted molar refractivity (Wildman–Crippen MR) is 73.2 cm³/mol. The Bertz CT molecular complexity index is 471. The molecule has 6 heteroatoms. The van der Waals surface area contributed by atoms with Gasteiger partial charge >= 0.3 is 6.18 Å². The molecular formula is C14H20F3N3. The molecule has 1 unspecified atom stereocenters. The summed E-state index contributed by atoms with van der Waals surface area (Å²) in [4.78, 5) is 4.40. The monoisotopic (exact) mass is 287 g/mol. The summed E-state index contributed by atoms with van der Waals surface area (Å²) in [6.45, 7) is 2.48. The van der Waals surface area contributed by atoms with Crippen molar-refractivity contribution < 1.29 is 13.2 Å². The van der Waals surface area contributed by atoms with Crippen LogP contribution in [-0.4, -0.2) is 43.0 Å². The van der Waals surface area contributed by atoms with E-state index in [1.54, 1.807) is 0 Å². The molecule has 1 fully saturated rings. The van der Waals surface area contributed by atoms with Crippen molar-refractivity contribution in [2.24, 2.45) is 0 Å². The minimum Gasteiger partial charge on any atom is -0.398 e. The van der Waals surface area contributed by atoms with Gasteiger partial charge < -0.3 is 10.6 Å². The Hall–Kier alpha value is -1.27. The van der Waals surface area contributed by atoms with Crippen LogP contribution < -0.4 is 5.73 Å². The molecule has 0 aliphatic carbocycles. The van der Waals surface area contributed by atoms with Crippen LogP contribution in [0, 0.1) is 0 Å². The fourth-order valence-corrected chi connectivity index (χ4v) is 2.53. The number of alkyl halides is 3. The van der Waals surface area contributed by atoms with Crippen molar-refractivity contribution >= 4 is 5.69 Å². The van der Waals surface area contributed by atoms with Gasteiger partial charge in [0.25, 0.3) is 0 Å². The van der Waals surface area contributed by atoms with Crippen molar-refractivity contribution in [1.82, 2.24) is 9.80 Å². The maximum absolute atomic E-state index is 12.6. The quantitative estimate of drug-likeness (QED) is 0.867. The lowest BCUT2D eigenvalue weighted by Crippen LogP contribution is -2.31. The Morgan fingerprint density at radius 3 is 2.55 bits per heavy atom. The SMILES string of the molecule is CN(C)C1CCN(Cc2ccc(C(F)(F)F)cc2N)C1. The van der Waals surface area contributed by atoms with Crippen LogP contribution in [0.15, 0.2) is 18.2 Å². The van der Waals surface area contributed by atoms with Crippen molar-refractivity contribution in [1.29, 1.82) is 0 Å². The summed E-state index contributed by atoms with van der Waals surface area (Å²) in [6, 6.07) is 4.12. The van der Waals surface area contributed by atoms with Crippen molar-refractivity contribution in [2.75, 3.05) is 32.9 Å². The number of nitrogens with zero attached hydrogens (tertiary/aromatic N) is 2. The van der Waals surface area contributed by atoms with Gasteiger partial charge in [0, 0.05) is 31.4 Å². The molecule has 2 rings (SSSR count). The largest absolute Gasteiger partial charge is 0.416 e. The number of likely N-dealkylation sites (tertiary alicyclic amines) is 1. The lowest BCUT2D eigenvalue weighted by molar-refractivity contribution is -0.137. The van der Waals surface area contributed by atoms with Gasteiger partial charge in [0.05, 0.1) is 5.56 Å². The van der Waals surface area contributed by atoms with Crippen LogP contribution in [0.3, 0.4) is 0 Å². The highest BCUT2D eigenvalue weighted by Gasteiger charge is 2.31. The van der Waals surface area contributed by atoms with E-state index in [2.05, 4.69) is 9.80 Å². The molecule has 112 valence electrons. The summed E-state index contributed by atoms with van der Waals surface area (Å²) in [5, 5.41) is 0. The number of likely N-dealkylation sites (N-methyl/N-ethyl adjacent to an activating group) is 1. The van der Waals surface area contributed by atoms with Gasteiger partial charge in [-0.05, 0) is 38.2 Å². The highest BCUT2D eigenvalue weighted by molar-refractivity contribution is 5.49. The van der Waals surface area contributed by atoms with Crippen molar-refractivity contribution in [3.63, 3.8) is 0 Å². The van der Waals surface area contributed by atoms with Crippen LogP contribution in [0.2, 0.25) is 0 Å². The molecule has 0 amide bonds. The molecule has 0 saturated carbocycles. The number of nitrogen functional groups attached to an aromatic ring is 1. The molecule has 1 saturated heterocycles. The number of halogens is 3. The van der Waals surface area contributed by atoms with E-state index in [9.17, 15) is 13.2 Å². The van der Waals surface area contributed by atoms with E-state index < -0.39 is 11.7 Å². The molecule has 1 aliphatic heterocycles. The first-order valence-corrected chi connectivity index (χ1v) is 6.62. The maximum Gasteiger partial charge on any atom is 0.416 e. The number of hydrogen-bond acceptors (Lipinski definition) is 3. The molecule has 0 spiro atoms. The first kappa shape index (κ1) is 15.1. The van der Waals surface area contributed by atoms with Crippen LogP contribution in [0.4, 0.5) is 18.9 Å². The summed E-state index contributed by atoms with van der Waals surface area (Å²) in [6.07, 6.45) is -3.26. The Morgan fingerprint density at radius 2 is 2.05 bits per heavy atom. The van der Waals surface area contributed by atoms with Crippen molar-refractivity contribution in [2.45, 2.75) is 25.2 Å². The number of nitrogens with two attached hydrogens (primary N) is 1. The van der Waals surface area contributed by atoms with Crippen LogP contribution in [0.5, 0.6) is 0 Å². The standard InChI is InChI=1S/C14H20F3N3/c1-19(2)12-5-6-20(9-12)8-10-3-4-11(7-13(10)18)14(15,16)17/h3-4,7,12H,5-6,8-9,18H2,1-2H3. The smallest absolute Gasteiger partial charge is 0.398 e. The zero-order valence-corrected chi connectivity index (χ0v) is 11.7.